The average Bonchev–Trinajstić information content (AvgIpc) is 2.98. The van der Waals surface area contributed by atoms with Crippen LogP contribution in [0.25, 0.3) is 22.3 Å². The maximum atomic E-state index is 13.0. The van der Waals surface area contributed by atoms with Crippen LogP contribution in [0.5, 0.6) is 0 Å². The normalized spacial score (nSPS) is 19.7. The third kappa shape index (κ3) is 6.77. The number of hydrogen-bond donors (Lipinski definition) is 2. The number of nitrogens with zero attached hydrogens (tertiary/aromatic N) is 2. The largest absolute Gasteiger partial charge is 0.378 e. The molecular formula is C33H40N4O3. The van der Waals surface area contributed by atoms with Crippen LogP contribution < -0.4 is 11.1 Å². The van der Waals surface area contributed by atoms with E-state index in [0.717, 1.165) is 53.5 Å². The van der Waals surface area contributed by atoms with Gasteiger partial charge in [0, 0.05) is 42.7 Å². The highest BCUT2D eigenvalue weighted by Gasteiger charge is 2.31. The third-order valence-electron chi connectivity index (χ3n) is 8.19. The predicted molar refractivity (Wildman–Crippen MR) is 158 cm³/mol. The third-order valence-corrected chi connectivity index (χ3v) is 8.19. The van der Waals surface area contributed by atoms with Gasteiger partial charge in [-0.3, -0.25) is 9.59 Å². The van der Waals surface area contributed by atoms with Crippen LogP contribution in [0.3, 0.4) is 0 Å². The second-order valence-corrected chi connectivity index (χ2v) is 11.7. The molecule has 1 saturated carbocycles. The summed E-state index contributed by atoms with van der Waals surface area (Å²) >= 11 is 0. The second kappa shape index (κ2) is 12.3. The number of hydrogen-bond acceptors (Lipinski definition) is 5. The van der Waals surface area contributed by atoms with Crippen molar-refractivity contribution in [3.63, 3.8) is 0 Å². The zero-order chi connectivity index (χ0) is 28.1. The second-order valence-electron chi connectivity index (χ2n) is 11.7. The van der Waals surface area contributed by atoms with Crippen LogP contribution in [0.2, 0.25) is 0 Å². The maximum absolute atomic E-state index is 13.0. The van der Waals surface area contributed by atoms with Gasteiger partial charge in [-0.05, 0) is 73.8 Å². The Kier molecular flexibility index (Phi) is 8.62. The Morgan fingerprint density at radius 1 is 0.950 bits per heavy atom. The molecule has 7 nitrogen and oxygen atoms in total. The smallest absolute Gasteiger partial charge is 0.225 e. The Labute approximate surface area is 237 Å². The van der Waals surface area contributed by atoms with Crippen molar-refractivity contribution < 1.29 is 14.3 Å². The van der Waals surface area contributed by atoms with E-state index < -0.39 is 5.54 Å². The minimum absolute atomic E-state index is 0.0308. The van der Waals surface area contributed by atoms with Crippen LogP contribution in [0.4, 0.5) is 5.82 Å². The molecule has 1 aromatic heterocycles. The van der Waals surface area contributed by atoms with Gasteiger partial charge < -0.3 is 20.7 Å². The number of pyridine rings is 1. The maximum Gasteiger partial charge on any atom is 0.225 e. The molecular weight excluding hydrogens is 500 g/mol. The molecule has 1 aliphatic carbocycles. The minimum Gasteiger partial charge on any atom is -0.378 e. The molecule has 2 aromatic carbocycles. The van der Waals surface area contributed by atoms with E-state index in [1.54, 1.807) is 0 Å². The molecule has 0 unspecified atom stereocenters. The molecule has 0 bridgehead atoms. The van der Waals surface area contributed by atoms with E-state index in [2.05, 4.69) is 46.7 Å². The lowest BCUT2D eigenvalue weighted by Crippen LogP contribution is -2.44. The molecule has 2 heterocycles. The van der Waals surface area contributed by atoms with E-state index in [4.69, 9.17) is 10.5 Å². The van der Waals surface area contributed by atoms with Crippen molar-refractivity contribution in [1.82, 2.24) is 9.88 Å². The number of ether oxygens (including phenoxy) is 1. The monoisotopic (exact) mass is 540 g/mol. The number of carbonyl (C=O) groups is 2. The van der Waals surface area contributed by atoms with E-state index in [-0.39, 0.29) is 23.7 Å². The number of nitrogens with two attached hydrogens (primary N) is 1. The first kappa shape index (κ1) is 28.0. The van der Waals surface area contributed by atoms with Gasteiger partial charge in [-0.25, -0.2) is 4.98 Å². The number of amides is 2. The first-order valence-electron chi connectivity index (χ1n) is 14.4. The number of morpholine rings is 1. The minimum atomic E-state index is -0.412. The average molecular weight is 541 g/mol. The molecule has 2 aliphatic rings. The number of rotatable bonds is 7. The van der Waals surface area contributed by atoms with Gasteiger partial charge in [0.05, 0.1) is 13.2 Å². The van der Waals surface area contributed by atoms with Crippen LogP contribution >= 0.6 is 0 Å². The van der Waals surface area contributed by atoms with E-state index in [1.807, 2.05) is 49.2 Å². The lowest BCUT2D eigenvalue weighted by Gasteiger charge is -2.33. The van der Waals surface area contributed by atoms with Crippen LogP contribution in [0.15, 0.2) is 66.9 Å². The number of aromatic nitrogens is 1. The highest BCUT2D eigenvalue weighted by Crippen LogP contribution is 2.35. The van der Waals surface area contributed by atoms with Crippen molar-refractivity contribution in [2.45, 2.75) is 51.5 Å². The van der Waals surface area contributed by atoms with Gasteiger partial charge in [-0.15, -0.1) is 0 Å². The SMILES string of the molecule is CC(C)(N)c1ccc(-c2cnc(NC(=O)C[C@H]3CC[C@H](C(=O)N4CCOCC4)CC3)cc2-c2ccccc2)cc1. The lowest BCUT2D eigenvalue weighted by molar-refractivity contribution is -0.141. The van der Waals surface area contributed by atoms with Crippen molar-refractivity contribution in [3.05, 3.63) is 72.4 Å². The fraction of sp³-hybridized carbons (Fsp3) is 0.424. The molecule has 40 heavy (non-hydrogen) atoms. The van der Waals surface area contributed by atoms with Gasteiger partial charge >= 0.3 is 0 Å². The van der Waals surface area contributed by atoms with Crippen LogP contribution in [-0.2, 0) is 19.9 Å². The molecule has 0 radical (unpaired) electrons. The molecule has 1 aliphatic heterocycles. The zero-order valence-electron chi connectivity index (χ0n) is 23.6. The Morgan fingerprint density at radius 2 is 1.60 bits per heavy atom. The van der Waals surface area contributed by atoms with Crippen LogP contribution in [-0.4, -0.2) is 48.0 Å². The van der Waals surface area contributed by atoms with Gasteiger partial charge in [-0.2, -0.15) is 0 Å². The number of benzene rings is 2. The molecule has 0 atom stereocenters. The van der Waals surface area contributed by atoms with E-state index >= 15 is 0 Å². The number of carbonyl (C=O) groups excluding carboxylic acids is 2. The molecule has 7 heteroatoms. The first-order chi connectivity index (χ1) is 19.3. The van der Waals surface area contributed by atoms with E-state index in [1.165, 1.54) is 0 Å². The van der Waals surface area contributed by atoms with Crippen molar-refractivity contribution >= 4 is 17.6 Å². The molecule has 2 amide bonds. The van der Waals surface area contributed by atoms with Gasteiger partial charge in [0.25, 0.3) is 0 Å². The van der Waals surface area contributed by atoms with Crippen molar-refractivity contribution in [2.75, 3.05) is 31.6 Å². The summed E-state index contributed by atoms with van der Waals surface area (Å²) in [7, 11) is 0. The van der Waals surface area contributed by atoms with Crippen molar-refractivity contribution in [2.24, 2.45) is 17.6 Å². The van der Waals surface area contributed by atoms with E-state index in [0.29, 0.717) is 38.5 Å². The predicted octanol–water partition coefficient (Wildman–Crippen LogP) is 5.60. The molecule has 3 N–H and O–H groups in total. The van der Waals surface area contributed by atoms with Gasteiger partial charge in [-0.1, -0.05) is 54.6 Å². The molecule has 210 valence electrons. The Morgan fingerprint density at radius 3 is 2.25 bits per heavy atom. The number of nitrogens with one attached hydrogen (secondary N) is 1. The molecule has 2 fully saturated rings. The summed E-state index contributed by atoms with van der Waals surface area (Å²) in [6.45, 7) is 6.62. The van der Waals surface area contributed by atoms with Crippen LogP contribution in [0, 0.1) is 11.8 Å². The summed E-state index contributed by atoms with van der Waals surface area (Å²) < 4.78 is 5.38. The summed E-state index contributed by atoms with van der Waals surface area (Å²) in [5, 5.41) is 3.04. The Hall–Kier alpha value is -3.55. The Balaban J connectivity index is 1.25. The highest BCUT2D eigenvalue weighted by atomic mass is 16.5. The summed E-state index contributed by atoms with van der Waals surface area (Å²) in [6, 6.07) is 20.4. The standard InChI is InChI=1S/C33H40N4O3/c1-33(2,34)27-14-12-25(13-15-27)29-22-35-30(21-28(29)24-6-4-3-5-7-24)36-31(38)20-23-8-10-26(11-9-23)32(39)37-16-18-40-19-17-37/h3-7,12-15,21-23,26H,8-11,16-20,34H2,1-2H3,(H,35,36,38)/t23-,26-. The van der Waals surface area contributed by atoms with Crippen LogP contribution in [0.1, 0.15) is 51.5 Å². The van der Waals surface area contributed by atoms with Gasteiger partial charge in [0.15, 0.2) is 0 Å². The summed E-state index contributed by atoms with van der Waals surface area (Å²) in [5.41, 5.74) is 11.0. The number of anilines is 1. The highest BCUT2D eigenvalue weighted by molar-refractivity contribution is 5.92. The molecule has 3 aromatic rings. The summed E-state index contributed by atoms with van der Waals surface area (Å²) in [6.07, 6.45) is 5.76. The van der Waals surface area contributed by atoms with Crippen molar-refractivity contribution in [3.8, 4) is 22.3 Å². The fourth-order valence-electron chi connectivity index (χ4n) is 5.80. The zero-order valence-corrected chi connectivity index (χ0v) is 23.6. The van der Waals surface area contributed by atoms with E-state index in [9.17, 15) is 9.59 Å². The lowest BCUT2D eigenvalue weighted by atomic mass is 9.79. The molecule has 5 rings (SSSR count). The molecule has 1 saturated heterocycles. The van der Waals surface area contributed by atoms with Crippen molar-refractivity contribution in [1.29, 1.82) is 0 Å². The molecule has 0 spiro atoms. The fourth-order valence-corrected chi connectivity index (χ4v) is 5.80. The quantitative estimate of drug-likeness (QED) is 0.406. The summed E-state index contributed by atoms with van der Waals surface area (Å²) in [5.74, 6) is 1.13. The Bertz CT molecular complexity index is 1300. The topological polar surface area (TPSA) is 97.5 Å². The summed E-state index contributed by atoms with van der Waals surface area (Å²) in [4.78, 5) is 32.4. The van der Waals surface area contributed by atoms with Gasteiger partial charge in [0.2, 0.25) is 11.8 Å². The van der Waals surface area contributed by atoms with Gasteiger partial charge in [0.1, 0.15) is 5.82 Å². The first-order valence-corrected chi connectivity index (χ1v) is 14.4.